The van der Waals surface area contributed by atoms with Gasteiger partial charge in [-0.25, -0.2) is 0 Å². The van der Waals surface area contributed by atoms with Gasteiger partial charge in [0.2, 0.25) is 5.91 Å². The Kier molecular flexibility index (Phi) is 5.08. The van der Waals surface area contributed by atoms with E-state index < -0.39 is 0 Å². The summed E-state index contributed by atoms with van der Waals surface area (Å²) in [4.78, 5) is 15.2. The molecule has 1 heterocycles. The van der Waals surface area contributed by atoms with E-state index in [1.807, 2.05) is 0 Å². The molecule has 1 amide bonds. The van der Waals surface area contributed by atoms with Crippen LogP contribution >= 0.6 is 0 Å². The van der Waals surface area contributed by atoms with Gasteiger partial charge < -0.3 is 4.90 Å². The fourth-order valence-corrected chi connectivity index (χ4v) is 5.40. The largest absolute Gasteiger partial charge is 0.342 e. The van der Waals surface area contributed by atoms with Crippen LogP contribution < -0.4 is 0 Å². The molecule has 1 saturated carbocycles. The van der Waals surface area contributed by atoms with Gasteiger partial charge in [-0.05, 0) is 73.1 Å². The maximum absolute atomic E-state index is 13.1. The van der Waals surface area contributed by atoms with Crippen molar-refractivity contribution in [3.8, 4) is 0 Å². The zero-order valence-electron chi connectivity index (χ0n) is 16.7. The maximum atomic E-state index is 13.1. The molecular formula is C25H31NO. The van der Waals surface area contributed by atoms with Crippen molar-refractivity contribution in [3.63, 3.8) is 0 Å². The number of hydrogen-bond donors (Lipinski definition) is 0. The topological polar surface area (TPSA) is 20.3 Å². The van der Waals surface area contributed by atoms with Crippen LogP contribution in [-0.2, 0) is 16.6 Å². The summed E-state index contributed by atoms with van der Waals surface area (Å²) in [5.41, 5.74) is 5.50. The van der Waals surface area contributed by atoms with Crippen LogP contribution in [0.25, 0.3) is 0 Å². The Morgan fingerprint density at radius 2 is 1.81 bits per heavy atom. The third-order valence-corrected chi connectivity index (χ3v) is 7.08. The molecular weight excluding hydrogens is 330 g/mol. The summed E-state index contributed by atoms with van der Waals surface area (Å²) in [6.07, 6.45) is 6.69. The number of amides is 1. The lowest BCUT2D eigenvalue weighted by atomic mass is 9.70. The molecule has 2 fully saturated rings. The number of rotatable bonds is 3. The van der Waals surface area contributed by atoms with Crippen LogP contribution in [0.2, 0.25) is 0 Å². The van der Waals surface area contributed by atoms with Gasteiger partial charge in [-0.1, -0.05) is 55.0 Å². The second-order valence-electron chi connectivity index (χ2n) is 8.65. The van der Waals surface area contributed by atoms with Gasteiger partial charge in [-0.2, -0.15) is 0 Å². The fourth-order valence-electron chi connectivity index (χ4n) is 5.40. The number of hydrogen-bond acceptors (Lipinski definition) is 1. The summed E-state index contributed by atoms with van der Waals surface area (Å²) >= 11 is 0. The molecule has 2 aromatic carbocycles. The second kappa shape index (κ2) is 7.50. The Hall–Kier alpha value is -2.09. The monoisotopic (exact) mass is 361 g/mol. The Morgan fingerprint density at radius 1 is 1.04 bits per heavy atom. The first-order valence-corrected chi connectivity index (χ1v) is 10.5. The molecule has 27 heavy (non-hydrogen) atoms. The molecule has 142 valence electrons. The van der Waals surface area contributed by atoms with Gasteiger partial charge in [0, 0.05) is 13.1 Å². The lowest BCUT2D eigenvalue weighted by molar-refractivity contribution is -0.131. The highest BCUT2D eigenvalue weighted by Crippen LogP contribution is 2.50. The van der Waals surface area contributed by atoms with Gasteiger partial charge in [0.1, 0.15) is 0 Å². The average molecular weight is 362 g/mol. The average Bonchev–Trinajstić information content (AvgIpc) is 2.99. The van der Waals surface area contributed by atoms with E-state index >= 15 is 0 Å². The van der Waals surface area contributed by atoms with Gasteiger partial charge >= 0.3 is 0 Å². The molecule has 2 atom stereocenters. The van der Waals surface area contributed by atoms with Crippen LogP contribution in [0.4, 0.5) is 0 Å². The van der Waals surface area contributed by atoms with Crippen molar-refractivity contribution in [2.75, 3.05) is 13.1 Å². The molecule has 2 aromatic rings. The highest BCUT2D eigenvalue weighted by atomic mass is 16.2. The van der Waals surface area contributed by atoms with Crippen molar-refractivity contribution in [3.05, 3.63) is 70.8 Å². The first-order valence-electron chi connectivity index (χ1n) is 10.5. The van der Waals surface area contributed by atoms with Gasteiger partial charge in [-0.3, -0.25) is 4.79 Å². The summed E-state index contributed by atoms with van der Waals surface area (Å²) in [7, 11) is 0. The molecule has 2 aliphatic rings. The van der Waals surface area contributed by atoms with E-state index in [1.165, 1.54) is 42.4 Å². The molecule has 1 saturated heterocycles. The molecule has 1 aliphatic heterocycles. The number of nitrogens with zero attached hydrogens (tertiary/aromatic N) is 1. The van der Waals surface area contributed by atoms with E-state index in [0.29, 0.717) is 18.2 Å². The van der Waals surface area contributed by atoms with Gasteiger partial charge in [0.15, 0.2) is 0 Å². The van der Waals surface area contributed by atoms with E-state index in [0.717, 1.165) is 25.1 Å². The second-order valence-corrected chi connectivity index (χ2v) is 8.65. The zero-order chi connectivity index (χ0) is 18.9. The molecule has 0 spiro atoms. The van der Waals surface area contributed by atoms with Crippen molar-refractivity contribution < 1.29 is 4.79 Å². The summed E-state index contributed by atoms with van der Waals surface area (Å²) in [5.74, 6) is 0.903. The lowest BCUT2D eigenvalue weighted by Crippen LogP contribution is -2.39. The minimum absolute atomic E-state index is 0.288. The van der Waals surface area contributed by atoms with Crippen molar-refractivity contribution in [2.45, 2.75) is 57.8 Å². The minimum atomic E-state index is 0.288. The van der Waals surface area contributed by atoms with E-state index in [1.54, 1.807) is 0 Å². The van der Waals surface area contributed by atoms with E-state index in [9.17, 15) is 4.79 Å². The standard InChI is InChI=1S/C25H31NO/c1-19-11-12-21(16-20(19)2)17-24(27)26-15-7-14-25(13-6-10-23(25)18-26)22-8-4-3-5-9-22/h3-5,8-9,11-12,16,23H,6-7,10,13-15,17-18H2,1-2H3. The zero-order valence-corrected chi connectivity index (χ0v) is 16.7. The predicted molar refractivity (Wildman–Crippen MR) is 111 cm³/mol. The first-order chi connectivity index (χ1) is 13.1. The SMILES string of the molecule is Cc1ccc(CC(=O)N2CCCC3(c4ccccc4)CCCC3C2)cc1C. The smallest absolute Gasteiger partial charge is 0.226 e. The highest BCUT2D eigenvalue weighted by Gasteiger charge is 2.46. The van der Waals surface area contributed by atoms with Crippen LogP contribution in [-0.4, -0.2) is 23.9 Å². The molecule has 2 heteroatoms. The van der Waals surface area contributed by atoms with Crippen molar-refractivity contribution >= 4 is 5.91 Å². The molecule has 0 N–H and O–H groups in total. The summed E-state index contributed by atoms with van der Waals surface area (Å²) in [5, 5.41) is 0. The number of fused-ring (bicyclic) bond motifs is 1. The Balaban J connectivity index is 1.51. The fraction of sp³-hybridized carbons (Fsp3) is 0.480. The third-order valence-electron chi connectivity index (χ3n) is 7.08. The normalized spacial score (nSPS) is 25.1. The van der Waals surface area contributed by atoms with Crippen LogP contribution in [0.3, 0.4) is 0 Å². The molecule has 2 unspecified atom stereocenters. The first kappa shape index (κ1) is 18.3. The quantitative estimate of drug-likeness (QED) is 0.735. The van der Waals surface area contributed by atoms with E-state index in [4.69, 9.17) is 0 Å². The number of aryl methyl sites for hydroxylation is 2. The molecule has 1 aliphatic carbocycles. The summed E-state index contributed by atoms with van der Waals surface area (Å²) < 4.78 is 0. The van der Waals surface area contributed by atoms with Crippen LogP contribution in [0.5, 0.6) is 0 Å². The number of benzene rings is 2. The van der Waals surface area contributed by atoms with Crippen molar-refractivity contribution in [2.24, 2.45) is 5.92 Å². The molecule has 0 radical (unpaired) electrons. The van der Waals surface area contributed by atoms with Crippen molar-refractivity contribution in [1.29, 1.82) is 0 Å². The molecule has 4 rings (SSSR count). The van der Waals surface area contributed by atoms with E-state index in [-0.39, 0.29) is 5.41 Å². The number of carbonyl (C=O) groups excluding carboxylic acids is 1. The third kappa shape index (κ3) is 3.54. The van der Waals surface area contributed by atoms with Gasteiger partial charge in [0.05, 0.1) is 6.42 Å². The number of likely N-dealkylation sites (tertiary alicyclic amines) is 1. The summed E-state index contributed by atoms with van der Waals surface area (Å²) in [6.45, 7) is 6.09. The maximum Gasteiger partial charge on any atom is 0.226 e. The van der Waals surface area contributed by atoms with Crippen LogP contribution in [0.1, 0.15) is 54.4 Å². The van der Waals surface area contributed by atoms with Crippen LogP contribution in [0, 0.1) is 19.8 Å². The van der Waals surface area contributed by atoms with Gasteiger partial charge in [0.25, 0.3) is 0 Å². The van der Waals surface area contributed by atoms with Crippen molar-refractivity contribution in [1.82, 2.24) is 4.90 Å². The highest BCUT2D eigenvalue weighted by molar-refractivity contribution is 5.79. The Morgan fingerprint density at radius 3 is 2.59 bits per heavy atom. The number of carbonyl (C=O) groups is 1. The van der Waals surface area contributed by atoms with E-state index in [2.05, 4.69) is 67.3 Å². The minimum Gasteiger partial charge on any atom is -0.342 e. The molecule has 2 nitrogen and oxygen atoms in total. The lowest BCUT2D eigenvalue weighted by Gasteiger charge is -2.35. The van der Waals surface area contributed by atoms with Crippen LogP contribution in [0.15, 0.2) is 48.5 Å². The molecule has 0 aromatic heterocycles. The molecule has 0 bridgehead atoms. The summed E-state index contributed by atoms with van der Waals surface area (Å²) in [6, 6.07) is 17.5. The Labute approximate surface area is 163 Å². The Bertz CT molecular complexity index is 812. The predicted octanol–water partition coefficient (Wildman–Crippen LogP) is 5.21. The van der Waals surface area contributed by atoms with Gasteiger partial charge in [-0.15, -0.1) is 0 Å².